The highest BCUT2D eigenvalue weighted by molar-refractivity contribution is 14.0. The quantitative estimate of drug-likeness (QED) is 0.327. The molecule has 2 N–H and O–H groups in total. The molecule has 2 aromatic rings. The van der Waals surface area contributed by atoms with Gasteiger partial charge in [-0.3, -0.25) is 4.99 Å². The lowest BCUT2D eigenvalue weighted by atomic mass is 10.1. The van der Waals surface area contributed by atoms with E-state index in [0.717, 1.165) is 56.1 Å². The predicted molar refractivity (Wildman–Crippen MR) is 131 cm³/mol. The largest absolute Gasteiger partial charge is 0.386 e. The lowest BCUT2D eigenvalue weighted by Gasteiger charge is -2.36. The summed E-state index contributed by atoms with van der Waals surface area (Å²) in [5, 5.41) is 15.4. The van der Waals surface area contributed by atoms with Crippen molar-refractivity contribution in [3.05, 3.63) is 40.7 Å². The van der Waals surface area contributed by atoms with E-state index in [1.165, 1.54) is 11.5 Å². The van der Waals surface area contributed by atoms with Crippen LogP contribution in [-0.2, 0) is 6.42 Å². The van der Waals surface area contributed by atoms with Gasteiger partial charge in [-0.1, -0.05) is 36.7 Å². The van der Waals surface area contributed by atoms with Gasteiger partial charge in [0.25, 0.3) is 0 Å². The Balaban J connectivity index is 0.00000300. The number of hydrogen-bond donors (Lipinski definition) is 2. The van der Waals surface area contributed by atoms with Crippen LogP contribution >= 0.6 is 47.1 Å². The molecule has 1 aromatic heterocycles. The van der Waals surface area contributed by atoms with E-state index in [2.05, 4.69) is 36.4 Å². The number of halogens is 2. The molecule has 7 nitrogen and oxygen atoms in total. The van der Waals surface area contributed by atoms with E-state index in [1.54, 1.807) is 6.07 Å². The second kappa shape index (κ2) is 11.9. The molecule has 1 aliphatic rings. The molecule has 0 spiro atoms. The molecule has 1 aliphatic heterocycles. The molecule has 160 valence electrons. The van der Waals surface area contributed by atoms with Gasteiger partial charge in [0.15, 0.2) is 5.96 Å². The van der Waals surface area contributed by atoms with Gasteiger partial charge in [-0.25, -0.2) is 4.98 Å². The van der Waals surface area contributed by atoms with Crippen molar-refractivity contribution in [2.24, 2.45) is 4.99 Å². The molecule has 0 saturated carbocycles. The van der Waals surface area contributed by atoms with E-state index < -0.39 is 6.10 Å². The average Bonchev–Trinajstić information content (AvgIpc) is 3.21. The second-order valence-electron chi connectivity index (χ2n) is 6.55. The molecule has 2 heterocycles. The van der Waals surface area contributed by atoms with Gasteiger partial charge < -0.3 is 20.2 Å². The number of rotatable bonds is 6. The topological polar surface area (TPSA) is 76.9 Å². The molecular formula is C19H28ClIN6OS. The van der Waals surface area contributed by atoms with Crippen LogP contribution in [0.25, 0.3) is 0 Å². The minimum Gasteiger partial charge on any atom is -0.386 e. The summed E-state index contributed by atoms with van der Waals surface area (Å²) >= 11 is 7.65. The molecule has 1 fully saturated rings. The van der Waals surface area contributed by atoms with Crippen LogP contribution in [0.15, 0.2) is 29.3 Å². The number of aromatic nitrogens is 2. The number of nitrogens with zero attached hydrogens (tertiary/aromatic N) is 5. The number of guanidine groups is 1. The Kier molecular flexibility index (Phi) is 9.87. The van der Waals surface area contributed by atoms with Crippen molar-refractivity contribution in [2.45, 2.75) is 26.4 Å². The van der Waals surface area contributed by atoms with E-state index in [-0.39, 0.29) is 30.5 Å². The van der Waals surface area contributed by atoms with Gasteiger partial charge in [0.1, 0.15) is 11.9 Å². The fraction of sp³-hybridized carbons (Fsp3) is 0.526. The smallest absolute Gasteiger partial charge is 0.205 e. The van der Waals surface area contributed by atoms with E-state index in [1.807, 2.05) is 25.1 Å². The van der Waals surface area contributed by atoms with E-state index in [4.69, 9.17) is 11.6 Å². The maximum absolute atomic E-state index is 10.5. The zero-order chi connectivity index (χ0) is 19.9. The van der Waals surface area contributed by atoms with Gasteiger partial charge in [0.2, 0.25) is 5.13 Å². The van der Waals surface area contributed by atoms with Gasteiger partial charge in [-0.2, -0.15) is 4.37 Å². The Morgan fingerprint density at radius 3 is 2.62 bits per heavy atom. The maximum atomic E-state index is 10.5. The molecule has 1 aromatic carbocycles. The SMILES string of the molecule is CCNC(=NCC(O)c1ccccc1Cl)N1CCN(c2nc(CC)ns2)CC1.I. The third kappa shape index (κ3) is 6.40. The fourth-order valence-electron chi connectivity index (χ4n) is 3.07. The molecule has 1 unspecified atom stereocenters. The van der Waals surface area contributed by atoms with Crippen LogP contribution in [0.4, 0.5) is 5.13 Å². The third-order valence-corrected chi connectivity index (χ3v) is 5.80. The first-order valence-corrected chi connectivity index (χ1v) is 10.8. The predicted octanol–water partition coefficient (Wildman–Crippen LogP) is 3.19. The lowest BCUT2D eigenvalue weighted by molar-refractivity contribution is 0.186. The molecule has 0 aliphatic carbocycles. The van der Waals surface area contributed by atoms with Crippen LogP contribution in [0.2, 0.25) is 5.02 Å². The number of aryl methyl sites for hydroxylation is 1. The molecule has 1 saturated heterocycles. The van der Waals surface area contributed by atoms with Gasteiger partial charge >= 0.3 is 0 Å². The van der Waals surface area contributed by atoms with Crippen molar-refractivity contribution in [3.8, 4) is 0 Å². The highest BCUT2D eigenvalue weighted by atomic mass is 127. The first-order valence-electron chi connectivity index (χ1n) is 9.65. The fourth-order valence-corrected chi connectivity index (χ4v) is 4.13. The van der Waals surface area contributed by atoms with Crippen LogP contribution in [0.3, 0.4) is 0 Å². The summed E-state index contributed by atoms with van der Waals surface area (Å²) in [5.74, 6) is 1.73. The highest BCUT2D eigenvalue weighted by Gasteiger charge is 2.22. The number of hydrogen-bond acceptors (Lipinski definition) is 6. The summed E-state index contributed by atoms with van der Waals surface area (Å²) in [6.07, 6.45) is 0.138. The van der Waals surface area contributed by atoms with E-state index in [0.29, 0.717) is 10.6 Å². The minimum atomic E-state index is -0.725. The number of piperazine rings is 1. The molecular weight excluding hydrogens is 523 g/mol. The van der Waals surface area contributed by atoms with E-state index >= 15 is 0 Å². The van der Waals surface area contributed by atoms with Crippen molar-refractivity contribution in [3.63, 3.8) is 0 Å². The van der Waals surface area contributed by atoms with Crippen LogP contribution in [-0.4, -0.2) is 64.6 Å². The van der Waals surface area contributed by atoms with Gasteiger partial charge in [0.05, 0.1) is 6.54 Å². The number of benzene rings is 1. The number of aliphatic hydroxyl groups excluding tert-OH is 1. The summed E-state index contributed by atoms with van der Waals surface area (Å²) in [5.41, 5.74) is 0.705. The van der Waals surface area contributed by atoms with Gasteiger partial charge in [-0.05, 0) is 13.0 Å². The zero-order valence-electron chi connectivity index (χ0n) is 16.7. The highest BCUT2D eigenvalue weighted by Crippen LogP contribution is 2.23. The summed E-state index contributed by atoms with van der Waals surface area (Å²) in [6, 6.07) is 7.34. The molecule has 0 bridgehead atoms. The maximum Gasteiger partial charge on any atom is 0.205 e. The van der Waals surface area contributed by atoms with Crippen molar-refractivity contribution in [2.75, 3.05) is 44.2 Å². The van der Waals surface area contributed by atoms with Crippen LogP contribution in [0, 0.1) is 0 Å². The van der Waals surface area contributed by atoms with Crippen LogP contribution in [0.5, 0.6) is 0 Å². The third-order valence-electron chi connectivity index (χ3n) is 4.64. The summed E-state index contributed by atoms with van der Waals surface area (Å²) < 4.78 is 4.38. The number of aliphatic hydroxyl groups is 1. The second-order valence-corrected chi connectivity index (χ2v) is 7.69. The molecule has 3 rings (SSSR count). The zero-order valence-corrected chi connectivity index (χ0v) is 20.6. The van der Waals surface area contributed by atoms with Crippen molar-refractivity contribution >= 4 is 58.2 Å². The Bertz CT molecular complexity index is 797. The molecule has 0 radical (unpaired) electrons. The number of nitrogens with one attached hydrogen (secondary N) is 1. The summed E-state index contributed by atoms with van der Waals surface area (Å²) in [6.45, 7) is 8.58. The monoisotopic (exact) mass is 550 g/mol. The molecule has 29 heavy (non-hydrogen) atoms. The Morgan fingerprint density at radius 1 is 1.28 bits per heavy atom. The number of aliphatic imine (C=N–C) groups is 1. The number of anilines is 1. The average molecular weight is 551 g/mol. The standard InChI is InChI=1S/C19H27ClN6OS.HI/c1-3-17-23-19(28-24-17)26-11-9-25(10-12-26)18(21-4-2)22-13-16(27)14-7-5-6-8-15(14)20;/h5-8,16,27H,3-4,9-13H2,1-2H3,(H,21,22);1H. The normalized spacial score (nSPS) is 15.8. The van der Waals surface area contributed by atoms with Crippen molar-refractivity contribution in [1.82, 2.24) is 19.6 Å². The molecule has 1 atom stereocenters. The van der Waals surface area contributed by atoms with E-state index in [9.17, 15) is 5.11 Å². The van der Waals surface area contributed by atoms with Gasteiger partial charge in [0, 0.05) is 61.3 Å². The lowest BCUT2D eigenvalue weighted by Crippen LogP contribution is -2.52. The first-order chi connectivity index (χ1) is 13.6. The van der Waals surface area contributed by atoms with Crippen molar-refractivity contribution < 1.29 is 5.11 Å². The molecule has 10 heteroatoms. The van der Waals surface area contributed by atoms with Crippen LogP contribution in [0.1, 0.15) is 31.3 Å². The molecule has 0 amide bonds. The Hall–Kier alpha value is -1.17. The Morgan fingerprint density at radius 2 is 2.00 bits per heavy atom. The summed E-state index contributed by atoms with van der Waals surface area (Å²) in [4.78, 5) is 13.7. The summed E-state index contributed by atoms with van der Waals surface area (Å²) in [7, 11) is 0. The minimum absolute atomic E-state index is 0. The van der Waals surface area contributed by atoms with Crippen molar-refractivity contribution in [1.29, 1.82) is 0 Å². The van der Waals surface area contributed by atoms with Gasteiger partial charge in [-0.15, -0.1) is 24.0 Å². The Labute approximate surface area is 198 Å². The first kappa shape index (κ1) is 24.1. The van der Waals surface area contributed by atoms with Crippen LogP contribution < -0.4 is 10.2 Å².